The van der Waals surface area contributed by atoms with Gasteiger partial charge in [-0.3, -0.25) is 0 Å². The smallest absolute Gasteiger partial charge is 0.336 e. The molecule has 0 aliphatic heterocycles. The zero-order valence-corrected chi connectivity index (χ0v) is 7.75. The van der Waals surface area contributed by atoms with E-state index >= 15 is 0 Å². The first-order chi connectivity index (χ1) is 6.11. The average molecular weight is 184 g/mol. The number of rotatable bonds is 1. The van der Waals surface area contributed by atoms with Gasteiger partial charge < -0.3 is 10.2 Å². The Labute approximate surface area is 77.8 Å². The molecule has 0 aromatic heterocycles. The minimum Gasteiger partial charge on any atom is -0.479 e. The maximum atomic E-state index is 11.0. The predicted molar refractivity (Wildman–Crippen MR) is 47.3 cm³/mol. The zero-order chi connectivity index (χ0) is 9.53. The third-order valence-corrected chi connectivity index (χ3v) is 3.99. The van der Waals surface area contributed by atoms with Crippen molar-refractivity contribution in [1.82, 2.24) is 0 Å². The summed E-state index contributed by atoms with van der Waals surface area (Å²) in [6, 6.07) is 0. The first-order valence-electron chi connectivity index (χ1n) is 5.07. The van der Waals surface area contributed by atoms with Crippen LogP contribution in [0.4, 0.5) is 0 Å². The maximum absolute atomic E-state index is 11.0. The topological polar surface area (TPSA) is 57.5 Å². The highest BCUT2D eigenvalue weighted by molar-refractivity contribution is 5.78. The molecular formula is C10H16O3. The molecule has 2 rings (SSSR count). The van der Waals surface area contributed by atoms with Crippen LogP contribution < -0.4 is 0 Å². The molecule has 0 amide bonds. The number of carboxylic acids is 1. The summed E-state index contributed by atoms with van der Waals surface area (Å²) in [5.74, 6) is -1.01. The van der Waals surface area contributed by atoms with Crippen molar-refractivity contribution in [2.24, 2.45) is 5.41 Å². The lowest BCUT2D eigenvalue weighted by molar-refractivity contribution is -0.196. The van der Waals surface area contributed by atoms with Crippen LogP contribution in [0.2, 0.25) is 0 Å². The van der Waals surface area contributed by atoms with Crippen molar-refractivity contribution in [3.05, 3.63) is 0 Å². The molecule has 0 aromatic rings. The molecule has 2 fully saturated rings. The maximum Gasteiger partial charge on any atom is 0.336 e. The largest absolute Gasteiger partial charge is 0.479 e. The first-order valence-corrected chi connectivity index (χ1v) is 5.07. The van der Waals surface area contributed by atoms with E-state index in [0.29, 0.717) is 6.42 Å². The van der Waals surface area contributed by atoms with E-state index in [1.165, 1.54) is 0 Å². The second-order valence-electron chi connectivity index (χ2n) is 4.51. The molecule has 13 heavy (non-hydrogen) atoms. The van der Waals surface area contributed by atoms with Crippen molar-refractivity contribution in [3.63, 3.8) is 0 Å². The molecule has 0 heterocycles. The summed E-state index contributed by atoms with van der Waals surface area (Å²) in [6.45, 7) is 0. The van der Waals surface area contributed by atoms with E-state index in [-0.39, 0.29) is 5.41 Å². The van der Waals surface area contributed by atoms with Crippen LogP contribution in [-0.4, -0.2) is 21.8 Å². The fourth-order valence-corrected chi connectivity index (χ4v) is 2.92. The van der Waals surface area contributed by atoms with E-state index in [4.69, 9.17) is 5.11 Å². The summed E-state index contributed by atoms with van der Waals surface area (Å²) in [6.07, 6.45) is 6.15. The molecule has 0 aromatic carbocycles. The second kappa shape index (κ2) is 2.71. The third-order valence-electron chi connectivity index (χ3n) is 3.99. The minimum atomic E-state index is -1.41. The number of hydrogen-bond acceptors (Lipinski definition) is 2. The molecule has 1 unspecified atom stereocenters. The van der Waals surface area contributed by atoms with Gasteiger partial charge in [0.15, 0.2) is 5.60 Å². The molecular weight excluding hydrogens is 168 g/mol. The van der Waals surface area contributed by atoms with Crippen molar-refractivity contribution in [2.45, 2.75) is 50.5 Å². The van der Waals surface area contributed by atoms with E-state index in [9.17, 15) is 9.90 Å². The van der Waals surface area contributed by atoms with Crippen LogP contribution in [0.25, 0.3) is 0 Å². The number of aliphatic carboxylic acids is 1. The summed E-state index contributed by atoms with van der Waals surface area (Å²) >= 11 is 0. The fraction of sp³-hybridized carbons (Fsp3) is 0.900. The number of carboxylic acid groups (broad SMARTS) is 1. The molecule has 0 bridgehead atoms. The van der Waals surface area contributed by atoms with Crippen LogP contribution in [-0.2, 0) is 4.79 Å². The van der Waals surface area contributed by atoms with Crippen LogP contribution in [0.3, 0.4) is 0 Å². The highest BCUT2D eigenvalue weighted by Crippen LogP contribution is 2.57. The number of carbonyl (C=O) groups is 1. The van der Waals surface area contributed by atoms with Gasteiger partial charge in [0.05, 0.1) is 0 Å². The van der Waals surface area contributed by atoms with Crippen LogP contribution in [0.5, 0.6) is 0 Å². The number of hydrogen-bond donors (Lipinski definition) is 2. The summed E-state index contributed by atoms with van der Waals surface area (Å²) in [5, 5.41) is 19.2. The molecule has 3 heteroatoms. The molecule has 2 saturated carbocycles. The summed E-state index contributed by atoms with van der Waals surface area (Å²) in [4.78, 5) is 11.0. The van der Waals surface area contributed by atoms with Gasteiger partial charge in [-0.25, -0.2) is 4.79 Å². The van der Waals surface area contributed by atoms with Crippen LogP contribution >= 0.6 is 0 Å². The lowest BCUT2D eigenvalue weighted by Crippen LogP contribution is -2.59. The summed E-state index contributed by atoms with van der Waals surface area (Å²) < 4.78 is 0. The van der Waals surface area contributed by atoms with E-state index in [2.05, 4.69) is 0 Å². The van der Waals surface area contributed by atoms with Gasteiger partial charge in [-0.1, -0.05) is 12.8 Å². The Bertz CT molecular complexity index is 232. The van der Waals surface area contributed by atoms with Gasteiger partial charge in [-0.2, -0.15) is 0 Å². The molecule has 74 valence electrons. The molecule has 3 nitrogen and oxygen atoms in total. The molecule has 1 atom stereocenters. The molecule has 0 saturated heterocycles. The van der Waals surface area contributed by atoms with Crippen LogP contribution in [0, 0.1) is 5.41 Å². The Morgan fingerprint density at radius 1 is 1.00 bits per heavy atom. The minimum absolute atomic E-state index is 0.267. The summed E-state index contributed by atoms with van der Waals surface area (Å²) in [5.41, 5.74) is -1.68. The van der Waals surface area contributed by atoms with Gasteiger partial charge in [0.25, 0.3) is 0 Å². The molecule has 2 N–H and O–H groups in total. The van der Waals surface area contributed by atoms with Crippen molar-refractivity contribution in [3.8, 4) is 0 Å². The van der Waals surface area contributed by atoms with Crippen molar-refractivity contribution in [2.75, 3.05) is 0 Å². The molecule has 0 radical (unpaired) electrons. The predicted octanol–water partition coefficient (Wildman–Crippen LogP) is 1.55. The number of aliphatic hydroxyl groups is 1. The second-order valence-corrected chi connectivity index (χ2v) is 4.51. The highest BCUT2D eigenvalue weighted by Gasteiger charge is 2.59. The Balaban J connectivity index is 2.27. The third kappa shape index (κ3) is 1.03. The highest BCUT2D eigenvalue weighted by atomic mass is 16.4. The Morgan fingerprint density at radius 2 is 1.54 bits per heavy atom. The standard InChI is InChI=1S/C10H16O3/c11-8(12)10(13)7-2-1-4-9(10)5-3-6-9/h13H,1-7H2,(H,11,12). The lowest BCUT2D eigenvalue weighted by atomic mass is 9.53. The van der Waals surface area contributed by atoms with Gasteiger partial charge in [0.2, 0.25) is 0 Å². The molecule has 2 aliphatic carbocycles. The summed E-state index contributed by atoms with van der Waals surface area (Å²) in [7, 11) is 0. The Kier molecular flexibility index (Phi) is 1.88. The SMILES string of the molecule is O=C(O)C1(O)CCCCC12CCC2. The van der Waals surface area contributed by atoms with E-state index in [0.717, 1.165) is 38.5 Å². The monoisotopic (exact) mass is 184 g/mol. The molecule has 2 aliphatic rings. The van der Waals surface area contributed by atoms with Crippen molar-refractivity contribution >= 4 is 5.97 Å². The quantitative estimate of drug-likeness (QED) is 0.650. The van der Waals surface area contributed by atoms with Gasteiger partial charge in [0.1, 0.15) is 0 Å². The average Bonchev–Trinajstić information content (AvgIpc) is 2.02. The van der Waals surface area contributed by atoms with Crippen molar-refractivity contribution < 1.29 is 15.0 Å². The van der Waals surface area contributed by atoms with Gasteiger partial charge in [-0.15, -0.1) is 0 Å². The van der Waals surface area contributed by atoms with Gasteiger partial charge in [0, 0.05) is 5.41 Å². The molecule has 1 spiro atoms. The Hall–Kier alpha value is -0.570. The van der Waals surface area contributed by atoms with E-state index < -0.39 is 11.6 Å². The van der Waals surface area contributed by atoms with E-state index in [1.54, 1.807) is 0 Å². The normalized spacial score (nSPS) is 37.0. The van der Waals surface area contributed by atoms with Crippen LogP contribution in [0.15, 0.2) is 0 Å². The lowest BCUT2D eigenvalue weighted by Gasteiger charge is -2.53. The first kappa shape index (κ1) is 9.00. The van der Waals surface area contributed by atoms with Crippen molar-refractivity contribution in [1.29, 1.82) is 0 Å². The fourth-order valence-electron chi connectivity index (χ4n) is 2.92. The van der Waals surface area contributed by atoms with Crippen LogP contribution in [0.1, 0.15) is 44.9 Å². The Morgan fingerprint density at radius 3 is 1.92 bits per heavy atom. The zero-order valence-electron chi connectivity index (χ0n) is 7.75. The van der Waals surface area contributed by atoms with E-state index in [1.807, 2.05) is 0 Å². The van der Waals surface area contributed by atoms with Gasteiger partial charge in [-0.05, 0) is 32.1 Å². The van der Waals surface area contributed by atoms with Gasteiger partial charge >= 0.3 is 5.97 Å².